The largest absolute Gasteiger partial charge is 0.321 e. The Labute approximate surface area is 177 Å². The number of anilines is 1. The number of benzene rings is 2. The molecule has 1 heterocycles. The molecule has 0 saturated heterocycles. The highest BCUT2D eigenvalue weighted by Gasteiger charge is 2.14. The van der Waals surface area contributed by atoms with Crippen LogP contribution in [0, 0.1) is 31.0 Å². The third-order valence-electron chi connectivity index (χ3n) is 4.40. The van der Waals surface area contributed by atoms with Crippen LogP contribution in [-0.2, 0) is 4.79 Å². The van der Waals surface area contributed by atoms with Gasteiger partial charge in [0.2, 0.25) is 0 Å². The molecule has 29 heavy (non-hydrogen) atoms. The second-order valence-corrected chi connectivity index (χ2v) is 7.21. The van der Waals surface area contributed by atoms with Gasteiger partial charge in [0.25, 0.3) is 5.91 Å². The van der Waals surface area contributed by atoms with Gasteiger partial charge in [-0.2, -0.15) is 5.26 Å². The number of rotatable bonds is 4. The molecular formula is C22H16Cl2FN3O. The number of aryl methyl sites for hydroxylation is 1. The molecule has 0 bridgehead atoms. The highest BCUT2D eigenvalue weighted by molar-refractivity contribution is 6.42. The number of halogens is 3. The van der Waals surface area contributed by atoms with Crippen LogP contribution in [0.1, 0.15) is 17.0 Å². The lowest BCUT2D eigenvalue weighted by Gasteiger charge is -2.10. The molecule has 0 aliphatic carbocycles. The summed E-state index contributed by atoms with van der Waals surface area (Å²) in [5.74, 6) is -0.979. The molecule has 1 aromatic heterocycles. The maximum Gasteiger partial charge on any atom is 0.266 e. The van der Waals surface area contributed by atoms with Gasteiger partial charge in [-0.05, 0) is 74.0 Å². The van der Waals surface area contributed by atoms with Crippen LogP contribution >= 0.6 is 23.2 Å². The fraction of sp³-hybridized carbons (Fsp3) is 0.0909. The summed E-state index contributed by atoms with van der Waals surface area (Å²) in [6.07, 6.45) is 1.52. The molecule has 4 nitrogen and oxygen atoms in total. The van der Waals surface area contributed by atoms with E-state index in [0.717, 1.165) is 22.6 Å². The molecule has 2 aromatic carbocycles. The summed E-state index contributed by atoms with van der Waals surface area (Å²) in [7, 11) is 0. The van der Waals surface area contributed by atoms with E-state index in [0.29, 0.717) is 15.7 Å². The first-order chi connectivity index (χ1) is 13.8. The highest BCUT2D eigenvalue weighted by Crippen LogP contribution is 2.28. The van der Waals surface area contributed by atoms with Crippen LogP contribution in [0.25, 0.3) is 11.8 Å². The molecule has 1 N–H and O–H groups in total. The fourth-order valence-electron chi connectivity index (χ4n) is 2.99. The number of nitrogens with zero attached hydrogens (tertiary/aromatic N) is 2. The maximum absolute atomic E-state index is 13.0. The fourth-order valence-corrected chi connectivity index (χ4v) is 3.28. The van der Waals surface area contributed by atoms with Gasteiger partial charge in [0.15, 0.2) is 0 Å². The van der Waals surface area contributed by atoms with E-state index >= 15 is 0 Å². The van der Waals surface area contributed by atoms with Crippen LogP contribution in [-0.4, -0.2) is 10.5 Å². The predicted octanol–water partition coefficient (Wildman–Crippen LogP) is 6.09. The Morgan fingerprint density at radius 2 is 1.79 bits per heavy atom. The van der Waals surface area contributed by atoms with Crippen LogP contribution in [0.5, 0.6) is 0 Å². The van der Waals surface area contributed by atoms with Crippen LogP contribution in [0.3, 0.4) is 0 Å². The lowest BCUT2D eigenvalue weighted by molar-refractivity contribution is -0.112. The van der Waals surface area contributed by atoms with Crippen molar-refractivity contribution in [2.75, 3.05) is 5.32 Å². The van der Waals surface area contributed by atoms with Crippen molar-refractivity contribution in [3.63, 3.8) is 0 Å². The molecule has 3 aromatic rings. The summed E-state index contributed by atoms with van der Waals surface area (Å²) in [6.45, 7) is 3.80. The minimum Gasteiger partial charge on any atom is -0.321 e. The van der Waals surface area contributed by atoms with Gasteiger partial charge in [0, 0.05) is 22.8 Å². The molecule has 7 heteroatoms. The smallest absolute Gasteiger partial charge is 0.266 e. The molecule has 146 valence electrons. The van der Waals surface area contributed by atoms with Gasteiger partial charge in [0.05, 0.1) is 10.0 Å². The first-order valence-corrected chi connectivity index (χ1v) is 9.39. The number of nitrogens with one attached hydrogen (secondary N) is 1. The first kappa shape index (κ1) is 20.7. The second-order valence-electron chi connectivity index (χ2n) is 6.39. The van der Waals surface area contributed by atoms with Crippen LogP contribution in [0.4, 0.5) is 10.1 Å². The van der Waals surface area contributed by atoms with Crippen LogP contribution in [0.2, 0.25) is 10.0 Å². The second kappa shape index (κ2) is 8.52. The van der Waals surface area contributed by atoms with Crippen molar-refractivity contribution in [3.8, 4) is 11.8 Å². The third kappa shape index (κ3) is 4.51. The van der Waals surface area contributed by atoms with Gasteiger partial charge < -0.3 is 9.88 Å². The first-order valence-electron chi connectivity index (χ1n) is 8.63. The predicted molar refractivity (Wildman–Crippen MR) is 114 cm³/mol. The van der Waals surface area contributed by atoms with Crippen molar-refractivity contribution in [3.05, 3.63) is 86.9 Å². The van der Waals surface area contributed by atoms with Gasteiger partial charge >= 0.3 is 0 Å². The van der Waals surface area contributed by atoms with Gasteiger partial charge in [-0.25, -0.2) is 4.39 Å². The number of carbonyl (C=O) groups excluding carboxylic acids is 1. The van der Waals surface area contributed by atoms with E-state index in [1.54, 1.807) is 12.1 Å². The van der Waals surface area contributed by atoms with Crippen molar-refractivity contribution in [2.45, 2.75) is 13.8 Å². The Balaban J connectivity index is 1.94. The van der Waals surface area contributed by atoms with Gasteiger partial charge in [-0.3, -0.25) is 4.79 Å². The Morgan fingerprint density at radius 1 is 1.10 bits per heavy atom. The Hall–Kier alpha value is -3.07. The Morgan fingerprint density at radius 3 is 2.41 bits per heavy atom. The zero-order valence-electron chi connectivity index (χ0n) is 15.6. The van der Waals surface area contributed by atoms with Crippen molar-refractivity contribution in [1.29, 1.82) is 5.26 Å². The number of amides is 1. The van der Waals surface area contributed by atoms with Crippen molar-refractivity contribution in [1.82, 2.24) is 4.57 Å². The number of aromatic nitrogens is 1. The Bertz CT molecular complexity index is 1160. The molecule has 0 spiro atoms. The van der Waals surface area contributed by atoms with E-state index in [9.17, 15) is 14.4 Å². The zero-order chi connectivity index (χ0) is 21.1. The average Bonchev–Trinajstić information content (AvgIpc) is 2.97. The van der Waals surface area contributed by atoms with Crippen LogP contribution in [0.15, 0.2) is 54.1 Å². The minimum atomic E-state index is -0.571. The summed E-state index contributed by atoms with van der Waals surface area (Å²) in [5, 5.41) is 12.9. The maximum atomic E-state index is 13.0. The van der Waals surface area contributed by atoms with Gasteiger partial charge in [-0.1, -0.05) is 23.2 Å². The molecule has 0 fully saturated rings. The number of hydrogen-bond donors (Lipinski definition) is 1. The normalized spacial score (nSPS) is 11.2. The van der Waals surface area contributed by atoms with E-state index in [1.807, 2.05) is 36.6 Å². The summed E-state index contributed by atoms with van der Waals surface area (Å²) in [5.41, 5.74) is 3.62. The SMILES string of the molecule is Cc1cc(C=C(C#N)C(=O)Nc2ccc(F)cc2)c(C)n1-c1ccc(Cl)c(Cl)c1. The monoisotopic (exact) mass is 427 g/mol. The van der Waals surface area contributed by atoms with E-state index in [4.69, 9.17) is 23.2 Å². The molecule has 3 rings (SSSR count). The standard InChI is InChI=1S/C22H16Cl2FN3O/c1-13-9-15(14(2)28(13)19-7-8-20(23)21(24)11-19)10-16(12-26)22(29)27-18-5-3-17(25)4-6-18/h3-11H,1-2H3,(H,27,29). The summed E-state index contributed by atoms with van der Waals surface area (Å²) in [4.78, 5) is 12.5. The number of carbonyl (C=O) groups is 1. The molecular weight excluding hydrogens is 412 g/mol. The summed E-state index contributed by atoms with van der Waals surface area (Å²) in [6, 6.07) is 14.4. The van der Waals surface area contributed by atoms with Gasteiger partial charge in [0.1, 0.15) is 17.5 Å². The molecule has 0 radical (unpaired) electrons. The van der Waals surface area contributed by atoms with E-state index < -0.39 is 11.7 Å². The zero-order valence-corrected chi connectivity index (χ0v) is 17.1. The molecule has 0 atom stereocenters. The minimum absolute atomic E-state index is 0.0660. The van der Waals surface area contributed by atoms with E-state index in [1.165, 1.54) is 30.3 Å². The topological polar surface area (TPSA) is 57.8 Å². The van der Waals surface area contributed by atoms with E-state index in [2.05, 4.69) is 5.32 Å². The van der Waals surface area contributed by atoms with Crippen molar-refractivity contribution < 1.29 is 9.18 Å². The highest BCUT2D eigenvalue weighted by atomic mass is 35.5. The number of hydrogen-bond acceptors (Lipinski definition) is 2. The molecule has 0 aliphatic rings. The summed E-state index contributed by atoms with van der Waals surface area (Å²) < 4.78 is 15.0. The van der Waals surface area contributed by atoms with E-state index in [-0.39, 0.29) is 5.57 Å². The Kier molecular flexibility index (Phi) is 6.07. The quantitative estimate of drug-likeness (QED) is 0.404. The van der Waals surface area contributed by atoms with Gasteiger partial charge in [-0.15, -0.1) is 0 Å². The number of nitriles is 1. The molecule has 0 unspecified atom stereocenters. The molecule has 1 amide bonds. The average molecular weight is 428 g/mol. The summed E-state index contributed by atoms with van der Waals surface area (Å²) >= 11 is 12.1. The molecule has 0 aliphatic heterocycles. The lowest BCUT2D eigenvalue weighted by Crippen LogP contribution is -2.13. The third-order valence-corrected chi connectivity index (χ3v) is 5.14. The molecule has 0 saturated carbocycles. The van der Waals surface area contributed by atoms with Crippen molar-refractivity contribution >= 4 is 40.9 Å². The lowest BCUT2D eigenvalue weighted by atomic mass is 10.1. The van der Waals surface area contributed by atoms with Crippen LogP contribution < -0.4 is 5.32 Å². The van der Waals surface area contributed by atoms with Crippen molar-refractivity contribution in [2.24, 2.45) is 0 Å².